The molecule has 1 saturated heterocycles. The Labute approximate surface area is 267 Å². The summed E-state index contributed by atoms with van der Waals surface area (Å²) >= 11 is 2.54. The van der Waals surface area contributed by atoms with Gasteiger partial charge in [0.05, 0.1) is 18.2 Å². The minimum Gasteiger partial charge on any atom is -0.507 e. The highest BCUT2D eigenvalue weighted by molar-refractivity contribution is 8.00. The fourth-order valence-electron chi connectivity index (χ4n) is 4.96. The molecular formula is C33H30FN3O6S2. The number of carbonyl (C=O) groups excluding carboxylic acids is 2. The first-order valence-electron chi connectivity index (χ1n) is 14.4. The number of carbonyl (C=O) groups is 2. The normalized spacial score (nSPS) is 17.2. The Morgan fingerprint density at radius 3 is 2.62 bits per heavy atom. The van der Waals surface area contributed by atoms with Gasteiger partial charge in [-0.25, -0.2) is 4.39 Å². The maximum atomic E-state index is 13.7. The Hall–Kier alpha value is -4.42. The zero-order chi connectivity index (χ0) is 31.5. The SMILES string of the molecule is CC(C)CCOc1cccc([C@@H]2C(=C(O)c3ccc4c(c3)OCCO4)C(=O)C(=O)N2c2nnc(SCc3ccc(F)cc3)s2)c1. The van der Waals surface area contributed by atoms with Crippen molar-refractivity contribution in [3.63, 3.8) is 0 Å². The van der Waals surface area contributed by atoms with Crippen molar-refractivity contribution < 1.29 is 33.3 Å². The first-order valence-corrected chi connectivity index (χ1v) is 16.2. The Kier molecular flexibility index (Phi) is 9.04. The van der Waals surface area contributed by atoms with Gasteiger partial charge in [0.15, 0.2) is 15.8 Å². The predicted octanol–water partition coefficient (Wildman–Crippen LogP) is 6.79. The van der Waals surface area contributed by atoms with Gasteiger partial charge < -0.3 is 19.3 Å². The highest BCUT2D eigenvalue weighted by Crippen LogP contribution is 2.45. The van der Waals surface area contributed by atoms with Crippen molar-refractivity contribution in [1.82, 2.24) is 10.2 Å². The van der Waals surface area contributed by atoms with Crippen LogP contribution in [-0.4, -0.2) is 46.8 Å². The van der Waals surface area contributed by atoms with Crippen molar-refractivity contribution in [2.24, 2.45) is 5.92 Å². The molecule has 3 aromatic carbocycles. The molecule has 1 atom stereocenters. The summed E-state index contributed by atoms with van der Waals surface area (Å²) in [4.78, 5) is 28.6. The Bertz CT molecular complexity index is 1760. The number of hydrogen-bond donors (Lipinski definition) is 1. The van der Waals surface area contributed by atoms with Gasteiger partial charge >= 0.3 is 5.91 Å². The molecule has 9 nitrogen and oxygen atoms in total. The van der Waals surface area contributed by atoms with Crippen LogP contribution in [0.1, 0.15) is 43.0 Å². The van der Waals surface area contributed by atoms with Crippen LogP contribution < -0.4 is 19.1 Å². The van der Waals surface area contributed by atoms with E-state index in [0.29, 0.717) is 64.2 Å². The molecule has 1 aromatic heterocycles. The monoisotopic (exact) mass is 647 g/mol. The second-order valence-corrected chi connectivity index (χ2v) is 13.1. The number of hydrogen-bond acceptors (Lipinski definition) is 10. The largest absolute Gasteiger partial charge is 0.507 e. The van der Waals surface area contributed by atoms with E-state index in [2.05, 4.69) is 24.0 Å². The van der Waals surface area contributed by atoms with E-state index in [4.69, 9.17) is 14.2 Å². The smallest absolute Gasteiger partial charge is 0.301 e. The van der Waals surface area contributed by atoms with Crippen LogP contribution in [-0.2, 0) is 15.3 Å². The number of Topliss-reactive ketones (excluding diaryl/α,β-unsaturated/α-hetero) is 1. The summed E-state index contributed by atoms with van der Waals surface area (Å²) in [6, 6.07) is 17.2. The molecular weight excluding hydrogens is 618 g/mol. The van der Waals surface area contributed by atoms with E-state index in [0.717, 1.165) is 23.3 Å². The van der Waals surface area contributed by atoms with Crippen molar-refractivity contribution in [1.29, 1.82) is 0 Å². The zero-order valence-electron chi connectivity index (χ0n) is 24.6. The van der Waals surface area contributed by atoms with Gasteiger partial charge in [-0.1, -0.05) is 61.2 Å². The van der Waals surface area contributed by atoms with Gasteiger partial charge in [-0.15, -0.1) is 10.2 Å². The van der Waals surface area contributed by atoms with Crippen LogP contribution in [0.3, 0.4) is 0 Å². The molecule has 12 heteroatoms. The number of fused-ring (bicyclic) bond motifs is 1. The molecule has 0 bridgehead atoms. The van der Waals surface area contributed by atoms with Crippen LogP contribution in [0.4, 0.5) is 9.52 Å². The maximum absolute atomic E-state index is 13.7. The molecule has 1 fully saturated rings. The van der Waals surface area contributed by atoms with Gasteiger partial charge in [0, 0.05) is 11.3 Å². The second kappa shape index (κ2) is 13.3. The van der Waals surface area contributed by atoms with E-state index in [-0.39, 0.29) is 22.3 Å². The number of aliphatic hydroxyl groups excluding tert-OH is 1. The highest BCUT2D eigenvalue weighted by atomic mass is 32.2. The van der Waals surface area contributed by atoms with E-state index in [1.807, 2.05) is 6.07 Å². The third-order valence-corrected chi connectivity index (χ3v) is 9.40. The minimum absolute atomic E-state index is 0.0910. The quantitative estimate of drug-likeness (QED) is 0.0654. The van der Waals surface area contributed by atoms with Crippen molar-refractivity contribution in [3.8, 4) is 17.2 Å². The molecule has 1 amide bonds. The number of ketones is 1. The molecule has 0 spiro atoms. The average Bonchev–Trinajstić information content (AvgIpc) is 3.61. The summed E-state index contributed by atoms with van der Waals surface area (Å²) in [5.74, 6) is 0.152. The lowest BCUT2D eigenvalue weighted by Gasteiger charge is -2.23. The van der Waals surface area contributed by atoms with Gasteiger partial charge in [0.25, 0.3) is 5.78 Å². The van der Waals surface area contributed by atoms with Gasteiger partial charge in [0.2, 0.25) is 5.13 Å². The zero-order valence-corrected chi connectivity index (χ0v) is 26.2. The van der Waals surface area contributed by atoms with Crippen molar-refractivity contribution in [2.45, 2.75) is 36.4 Å². The number of aromatic nitrogens is 2. The molecule has 3 heterocycles. The van der Waals surface area contributed by atoms with Crippen LogP contribution >= 0.6 is 23.1 Å². The molecule has 6 rings (SSSR count). The Balaban J connectivity index is 1.37. The van der Waals surface area contributed by atoms with Crippen molar-refractivity contribution in [3.05, 3.63) is 94.8 Å². The summed E-state index contributed by atoms with van der Waals surface area (Å²) in [7, 11) is 0. The number of benzene rings is 3. The van der Waals surface area contributed by atoms with Crippen LogP contribution in [0.5, 0.6) is 17.2 Å². The number of halogens is 1. The van der Waals surface area contributed by atoms with Crippen LogP contribution in [0.2, 0.25) is 0 Å². The number of thioether (sulfide) groups is 1. The van der Waals surface area contributed by atoms with Crippen LogP contribution in [0.25, 0.3) is 5.76 Å². The summed E-state index contributed by atoms with van der Waals surface area (Å²) in [5, 5.41) is 20.3. The van der Waals surface area contributed by atoms with Crippen molar-refractivity contribution >= 4 is 45.7 Å². The summed E-state index contributed by atoms with van der Waals surface area (Å²) < 4.78 is 31.2. The average molecular weight is 648 g/mol. The van der Waals surface area contributed by atoms with E-state index >= 15 is 0 Å². The van der Waals surface area contributed by atoms with E-state index in [1.54, 1.807) is 48.5 Å². The first-order chi connectivity index (χ1) is 21.8. The van der Waals surface area contributed by atoms with Gasteiger partial charge in [0.1, 0.15) is 30.5 Å². The van der Waals surface area contributed by atoms with Gasteiger partial charge in [-0.2, -0.15) is 0 Å². The van der Waals surface area contributed by atoms with Gasteiger partial charge in [-0.05, 0) is 65.9 Å². The number of amides is 1. The highest BCUT2D eigenvalue weighted by Gasteiger charge is 2.48. The number of rotatable bonds is 10. The summed E-state index contributed by atoms with van der Waals surface area (Å²) in [6.07, 6.45) is 0.857. The number of ether oxygens (including phenoxy) is 3. The molecule has 2 aliphatic rings. The Morgan fingerprint density at radius 1 is 1.07 bits per heavy atom. The third-order valence-electron chi connectivity index (χ3n) is 7.28. The Morgan fingerprint density at radius 2 is 1.84 bits per heavy atom. The van der Waals surface area contributed by atoms with Crippen LogP contribution in [0.15, 0.2) is 76.6 Å². The molecule has 0 aliphatic carbocycles. The van der Waals surface area contributed by atoms with E-state index in [1.165, 1.54) is 28.8 Å². The van der Waals surface area contributed by atoms with Crippen molar-refractivity contribution in [2.75, 3.05) is 24.7 Å². The number of anilines is 1. The molecule has 2 aliphatic heterocycles. The summed E-state index contributed by atoms with van der Waals surface area (Å²) in [6.45, 7) is 5.48. The molecule has 1 N–H and O–H groups in total. The molecule has 0 radical (unpaired) electrons. The van der Waals surface area contributed by atoms with E-state index in [9.17, 15) is 19.1 Å². The lowest BCUT2D eigenvalue weighted by Crippen LogP contribution is -2.29. The minimum atomic E-state index is -1.00. The number of nitrogens with zero attached hydrogens (tertiary/aromatic N) is 3. The molecule has 45 heavy (non-hydrogen) atoms. The molecule has 232 valence electrons. The standard InChI is InChI=1S/C33H30FN3O6S2/c1-19(2)12-13-41-24-5-3-4-21(16-24)28-27(29(38)22-8-11-25-26(17-22)43-15-14-42-25)30(39)31(40)37(28)32-35-36-33(45-32)44-18-20-6-9-23(34)10-7-20/h3-11,16-17,19,28,38H,12-15,18H2,1-2H3/t28-/m1/s1. The maximum Gasteiger partial charge on any atom is 0.301 e. The molecule has 4 aromatic rings. The summed E-state index contributed by atoms with van der Waals surface area (Å²) in [5.41, 5.74) is 1.67. The molecule has 0 saturated carbocycles. The fourth-order valence-corrected chi connectivity index (χ4v) is 6.79. The number of aliphatic hydroxyl groups is 1. The van der Waals surface area contributed by atoms with Gasteiger partial charge in [-0.3, -0.25) is 14.5 Å². The lowest BCUT2D eigenvalue weighted by atomic mass is 9.95. The predicted molar refractivity (Wildman–Crippen MR) is 169 cm³/mol. The fraction of sp³-hybridized carbons (Fsp3) is 0.273. The molecule has 0 unspecified atom stereocenters. The second-order valence-electron chi connectivity index (χ2n) is 10.9. The third kappa shape index (κ3) is 6.66. The lowest BCUT2D eigenvalue weighted by molar-refractivity contribution is -0.132. The van der Waals surface area contributed by atoms with Crippen LogP contribution in [0, 0.1) is 11.7 Å². The first kappa shape index (κ1) is 30.6. The topological polar surface area (TPSA) is 111 Å². The van der Waals surface area contributed by atoms with E-state index < -0.39 is 17.7 Å².